The minimum atomic E-state index is -0.784. The number of allylic oxidation sites excluding steroid dienone is 16. The molecule has 0 aliphatic rings. The zero-order valence-electron chi connectivity index (χ0n) is 38.9. The zero-order valence-corrected chi connectivity index (χ0v) is 38.9. The molecule has 1 N–H and O–H groups in total. The minimum absolute atomic E-state index is 0.0777. The lowest BCUT2D eigenvalue weighted by Gasteiger charge is -2.15. The van der Waals surface area contributed by atoms with E-state index in [4.69, 9.17) is 9.47 Å². The van der Waals surface area contributed by atoms with E-state index in [0.29, 0.717) is 12.8 Å². The quantitative estimate of drug-likeness (QED) is 0.0376. The Hall–Kier alpha value is -3.18. The molecule has 0 fully saturated rings. The van der Waals surface area contributed by atoms with Crippen LogP contribution in [0.25, 0.3) is 0 Å². The average Bonchev–Trinajstić information content (AvgIpc) is 3.25. The van der Waals surface area contributed by atoms with Gasteiger partial charge >= 0.3 is 11.9 Å². The van der Waals surface area contributed by atoms with Gasteiger partial charge in [0.2, 0.25) is 0 Å². The van der Waals surface area contributed by atoms with Gasteiger partial charge in [0.25, 0.3) is 0 Å². The normalized spacial score (nSPS) is 13.1. The lowest BCUT2D eigenvalue weighted by Crippen LogP contribution is -2.28. The molecule has 1 atom stereocenters. The highest BCUT2D eigenvalue weighted by Crippen LogP contribution is 2.14. The molecule has 0 saturated heterocycles. The first-order chi connectivity index (χ1) is 29.6. The van der Waals surface area contributed by atoms with Crippen LogP contribution in [0.15, 0.2) is 97.2 Å². The van der Waals surface area contributed by atoms with Gasteiger partial charge in [0.15, 0.2) is 6.10 Å². The SMILES string of the molecule is CC/C=C\C/C=C\C/C=C\C/C=C\C/C=C\C/C=C\CCCCCCCCCCCCCCC(=O)OC(CO)COC(=O)CCCCCCC/C=C\C/C=C\CCCCC. The molecule has 0 saturated carbocycles. The van der Waals surface area contributed by atoms with E-state index >= 15 is 0 Å². The fraction of sp³-hybridized carbons (Fsp3) is 0.673. The van der Waals surface area contributed by atoms with E-state index in [0.717, 1.165) is 89.9 Å². The Morgan fingerprint density at radius 2 is 0.717 bits per heavy atom. The molecular weight excluding hydrogens is 741 g/mol. The van der Waals surface area contributed by atoms with Crippen molar-refractivity contribution in [2.75, 3.05) is 13.2 Å². The minimum Gasteiger partial charge on any atom is -0.462 e. The summed E-state index contributed by atoms with van der Waals surface area (Å²) in [7, 11) is 0. The number of hydrogen-bond donors (Lipinski definition) is 1. The number of unbranched alkanes of at least 4 members (excludes halogenated alkanes) is 20. The van der Waals surface area contributed by atoms with Gasteiger partial charge in [-0.05, 0) is 96.3 Å². The topological polar surface area (TPSA) is 72.8 Å². The molecule has 0 bridgehead atoms. The second kappa shape index (κ2) is 50.2. The van der Waals surface area contributed by atoms with Gasteiger partial charge in [-0.3, -0.25) is 9.59 Å². The van der Waals surface area contributed by atoms with Crippen molar-refractivity contribution in [1.29, 1.82) is 0 Å². The van der Waals surface area contributed by atoms with Gasteiger partial charge in [0.1, 0.15) is 6.61 Å². The van der Waals surface area contributed by atoms with Crippen LogP contribution >= 0.6 is 0 Å². The zero-order chi connectivity index (χ0) is 43.5. The number of rotatable bonds is 44. The molecule has 0 amide bonds. The fourth-order valence-corrected chi connectivity index (χ4v) is 6.65. The number of carbonyl (C=O) groups excluding carboxylic acids is 2. The molecule has 0 spiro atoms. The van der Waals surface area contributed by atoms with Crippen LogP contribution in [0.3, 0.4) is 0 Å². The Morgan fingerprint density at radius 1 is 0.400 bits per heavy atom. The van der Waals surface area contributed by atoms with Crippen molar-refractivity contribution in [3.05, 3.63) is 97.2 Å². The largest absolute Gasteiger partial charge is 0.462 e. The van der Waals surface area contributed by atoms with Crippen LogP contribution in [0.4, 0.5) is 0 Å². The van der Waals surface area contributed by atoms with E-state index in [1.807, 2.05) is 0 Å². The number of carbonyl (C=O) groups is 2. The molecule has 0 aromatic heterocycles. The van der Waals surface area contributed by atoms with Crippen molar-refractivity contribution >= 4 is 11.9 Å². The highest BCUT2D eigenvalue weighted by molar-refractivity contribution is 5.70. The maximum absolute atomic E-state index is 12.3. The van der Waals surface area contributed by atoms with Gasteiger partial charge < -0.3 is 14.6 Å². The molecule has 1 unspecified atom stereocenters. The molecule has 60 heavy (non-hydrogen) atoms. The van der Waals surface area contributed by atoms with Crippen LogP contribution in [0, 0.1) is 0 Å². The predicted octanol–water partition coefficient (Wildman–Crippen LogP) is 16.4. The Bertz CT molecular complexity index is 1170. The van der Waals surface area contributed by atoms with Crippen LogP contribution in [0.5, 0.6) is 0 Å². The average molecular weight is 833 g/mol. The monoisotopic (exact) mass is 833 g/mol. The molecule has 0 heterocycles. The molecule has 0 rings (SSSR count). The lowest BCUT2D eigenvalue weighted by atomic mass is 10.0. The van der Waals surface area contributed by atoms with Crippen molar-refractivity contribution in [2.45, 2.75) is 225 Å². The highest BCUT2D eigenvalue weighted by atomic mass is 16.6. The summed E-state index contributed by atoms with van der Waals surface area (Å²) in [4.78, 5) is 24.4. The first-order valence-corrected chi connectivity index (χ1v) is 24.8. The Balaban J connectivity index is 3.55. The molecule has 0 radical (unpaired) electrons. The van der Waals surface area contributed by atoms with E-state index in [-0.39, 0.29) is 25.2 Å². The van der Waals surface area contributed by atoms with Crippen LogP contribution in [0.1, 0.15) is 219 Å². The van der Waals surface area contributed by atoms with Crippen LogP contribution in [0.2, 0.25) is 0 Å². The van der Waals surface area contributed by atoms with Gasteiger partial charge in [-0.25, -0.2) is 0 Å². The van der Waals surface area contributed by atoms with Gasteiger partial charge in [0, 0.05) is 12.8 Å². The smallest absolute Gasteiger partial charge is 0.306 e. The number of ether oxygens (including phenoxy) is 2. The summed E-state index contributed by atoms with van der Waals surface area (Å²) in [6.07, 6.45) is 70.7. The second-order valence-electron chi connectivity index (χ2n) is 16.2. The van der Waals surface area contributed by atoms with E-state index in [1.165, 1.54) is 103 Å². The predicted molar refractivity (Wildman–Crippen MR) is 260 cm³/mol. The number of aliphatic hydroxyl groups is 1. The van der Waals surface area contributed by atoms with Gasteiger partial charge in [-0.2, -0.15) is 0 Å². The number of hydrogen-bond acceptors (Lipinski definition) is 5. The van der Waals surface area contributed by atoms with Crippen LogP contribution in [-0.4, -0.2) is 36.4 Å². The van der Waals surface area contributed by atoms with E-state index in [1.54, 1.807) is 0 Å². The van der Waals surface area contributed by atoms with Crippen molar-refractivity contribution < 1.29 is 24.2 Å². The molecule has 5 nitrogen and oxygen atoms in total. The van der Waals surface area contributed by atoms with Gasteiger partial charge in [0.05, 0.1) is 6.61 Å². The Kier molecular flexibility index (Phi) is 47.5. The summed E-state index contributed by atoms with van der Waals surface area (Å²) in [5, 5.41) is 9.61. The highest BCUT2D eigenvalue weighted by Gasteiger charge is 2.16. The van der Waals surface area contributed by atoms with Gasteiger partial charge in [-0.1, -0.05) is 207 Å². The van der Waals surface area contributed by atoms with Crippen molar-refractivity contribution in [1.82, 2.24) is 0 Å². The van der Waals surface area contributed by atoms with E-state index in [2.05, 4.69) is 111 Å². The van der Waals surface area contributed by atoms with Gasteiger partial charge in [-0.15, -0.1) is 0 Å². The Morgan fingerprint density at radius 3 is 1.08 bits per heavy atom. The summed E-state index contributed by atoms with van der Waals surface area (Å²) in [5.74, 6) is -0.612. The molecule has 0 aromatic carbocycles. The van der Waals surface area contributed by atoms with Crippen molar-refractivity contribution in [3.63, 3.8) is 0 Å². The maximum atomic E-state index is 12.3. The third-order valence-corrected chi connectivity index (χ3v) is 10.4. The molecular formula is C55H92O5. The summed E-state index contributed by atoms with van der Waals surface area (Å²) in [6, 6.07) is 0. The molecule has 5 heteroatoms. The standard InChI is InChI=1S/C55H92O5/c1-3-5-7-9-11-13-15-17-19-20-21-22-23-24-25-26-27-28-29-30-31-32-33-34-36-38-40-42-44-46-48-50-55(58)60-53(51-56)52-59-54(57)49-47-45-43-41-39-37-35-18-16-14-12-10-8-6-4-2/h5,7,11-14,17-19,21-22,24-25,27-28,35,53,56H,3-4,6,8-10,15-16,20,23,26,29-34,36-52H2,1-2H3/b7-5-,13-11-,14-12-,19-17-,22-21-,25-24-,28-27-,35-18-. The molecule has 342 valence electrons. The second-order valence-corrected chi connectivity index (χ2v) is 16.2. The third-order valence-electron chi connectivity index (χ3n) is 10.4. The maximum Gasteiger partial charge on any atom is 0.306 e. The first-order valence-electron chi connectivity index (χ1n) is 24.8. The third kappa shape index (κ3) is 47.5. The molecule has 0 aliphatic carbocycles. The fourth-order valence-electron chi connectivity index (χ4n) is 6.65. The van der Waals surface area contributed by atoms with E-state index < -0.39 is 6.10 Å². The lowest BCUT2D eigenvalue weighted by molar-refractivity contribution is -0.161. The van der Waals surface area contributed by atoms with Crippen molar-refractivity contribution in [2.24, 2.45) is 0 Å². The summed E-state index contributed by atoms with van der Waals surface area (Å²) >= 11 is 0. The molecule has 0 aliphatic heterocycles. The van der Waals surface area contributed by atoms with E-state index in [9.17, 15) is 14.7 Å². The summed E-state index contributed by atoms with van der Waals surface area (Å²) < 4.78 is 10.6. The number of aliphatic hydroxyl groups excluding tert-OH is 1. The van der Waals surface area contributed by atoms with Crippen molar-refractivity contribution in [3.8, 4) is 0 Å². The summed E-state index contributed by atoms with van der Waals surface area (Å²) in [5.41, 5.74) is 0. The van der Waals surface area contributed by atoms with Crippen LogP contribution < -0.4 is 0 Å². The Labute approximate surface area is 370 Å². The first kappa shape index (κ1) is 56.8. The molecule has 0 aromatic rings. The summed E-state index contributed by atoms with van der Waals surface area (Å²) in [6.45, 7) is 3.98. The number of esters is 2. The van der Waals surface area contributed by atoms with Crippen LogP contribution in [-0.2, 0) is 19.1 Å².